The molecule has 0 bridgehead atoms. The lowest BCUT2D eigenvalue weighted by molar-refractivity contribution is -0.133. The molecule has 1 atom stereocenters. The van der Waals surface area contributed by atoms with Gasteiger partial charge in [0.15, 0.2) is 5.82 Å². The van der Waals surface area contributed by atoms with Crippen LogP contribution in [0.3, 0.4) is 0 Å². The van der Waals surface area contributed by atoms with E-state index in [1.165, 1.54) is 4.57 Å². The minimum absolute atomic E-state index is 0. The Balaban J connectivity index is 0.00000132. The minimum atomic E-state index is -0.0882. The molecule has 1 N–H and O–H groups in total. The summed E-state index contributed by atoms with van der Waals surface area (Å²) in [7, 11) is 1.72. The van der Waals surface area contributed by atoms with E-state index in [2.05, 4.69) is 10.3 Å². The third-order valence-electron chi connectivity index (χ3n) is 4.25. The van der Waals surface area contributed by atoms with Gasteiger partial charge in [0.1, 0.15) is 0 Å². The number of nitrogens with one attached hydrogen (secondary N) is 1. The molecule has 0 aromatic carbocycles. The molecule has 2 fully saturated rings. The van der Waals surface area contributed by atoms with Crippen LogP contribution in [0.4, 0.5) is 5.82 Å². The van der Waals surface area contributed by atoms with E-state index < -0.39 is 0 Å². The van der Waals surface area contributed by atoms with Crippen LogP contribution in [0.2, 0.25) is 0 Å². The van der Waals surface area contributed by atoms with E-state index in [1.54, 1.807) is 19.4 Å². The van der Waals surface area contributed by atoms with Gasteiger partial charge in [-0.05, 0) is 19.4 Å². The van der Waals surface area contributed by atoms with Crippen molar-refractivity contribution in [2.45, 2.75) is 18.9 Å². The summed E-state index contributed by atoms with van der Waals surface area (Å²) in [6.07, 6.45) is 5.29. The molecule has 0 aliphatic carbocycles. The molecule has 0 radical (unpaired) electrons. The third-order valence-corrected chi connectivity index (χ3v) is 4.25. The predicted molar refractivity (Wildman–Crippen MR) is 93.8 cm³/mol. The Labute approximate surface area is 147 Å². The van der Waals surface area contributed by atoms with Gasteiger partial charge >= 0.3 is 0 Å². The molecule has 23 heavy (non-hydrogen) atoms. The monoisotopic (exact) mass is 363 g/mol. The first kappa shape index (κ1) is 19.7. The molecule has 130 valence electrons. The molecule has 7 nitrogen and oxygen atoms in total. The second-order valence-corrected chi connectivity index (χ2v) is 5.63. The van der Waals surface area contributed by atoms with Crippen LogP contribution in [-0.2, 0) is 11.8 Å². The first-order valence-electron chi connectivity index (χ1n) is 7.45. The zero-order valence-electron chi connectivity index (χ0n) is 13.1. The topological polar surface area (TPSA) is 70.5 Å². The third kappa shape index (κ3) is 4.16. The van der Waals surface area contributed by atoms with Crippen LogP contribution in [-0.4, -0.2) is 59.1 Å². The summed E-state index contributed by atoms with van der Waals surface area (Å²) in [5.41, 5.74) is -0.0882. The van der Waals surface area contributed by atoms with Gasteiger partial charge in [0.05, 0.1) is 6.04 Å². The van der Waals surface area contributed by atoms with Gasteiger partial charge in [0, 0.05) is 45.6 Å². The molecule has 2 aliphatic rings. The van der Waals surface area contributed by atoms with E-state index in [1.807, 2.05) is 9.80 Å². The number of aromatic nitrogens is 2. The van der Waals surface area contributed by atoms with Crippen molar-refractivity contribution in [3.05, 3.63) is 22.7 Å². The van der Waals surface area contributed by atoms with Gasteiger partial charge in [-0.2, -0.15) is 0 Å². The number of hydrogen-bond donors (Lipinski definition) is 1. The highest BCUT2D eigenvalue weighted by Gasteiger charge is 2.29. The van der Waals surface area contributed by atoms with E-state index in [-0.39, 0.29) is 42.3 Å². The van der Waals surface area contributed by atoms with Gasteiger partial charge in [-0.15, -0.1) is 24.8 Å². The number of halogens is 2. The lowest BCUT2D eigenvalue weighted by Gasteiger charge is -2.36. The summed E-state index contributed by atoms with van der Waals surface area (Å²) >= 11 is 0. The van der Waals surface area contributed by atoms with Gasteiger partial charge in [-0.1, -0.05) is 0 Å². The second-order valence-electron chi connectivity index (χ2n) is 5.63. The van der Waals surface area contributed by atoms with E-state index in [0.717, 1.165) is 19.4 Å². The maximum Gasteiger partial charge on any atom is 0.293 e. The van der Waals surface area contributed by atoms with Crippen molar-refractivity contribution in [3.8, 4) is 0 Å². The highest BCUT2D eigenvalue weighted by atomic mass is 35.5. The molecule has 2 aliphatic heterocycles. The molecule has 1 aromatic heterocycles. The molecule has 3 rings (SSSR count). The number of carbonyl (C=O) groups is 1. The van der Waals surface area contributed by atoms with Crippen molar-refractivity contribution >= 4 is 36.5 Å². The largest absolute Gasteiger partial charge is 0.348 e. The Morgan fingerprint density at radius 1 is 1.26 bits per heavy atom. The number of nitrogens with zero attached hydrogens (tertiary/aromatic N) is 4. The molecule has 0 saturated carbocycles. The van der Waals surface area contributed by atoms with Crippen molar-refractivity contribution in [1.82, 2.24) is 19.8 Å². The predicted octanol–water partition coefficient (Wildman–Crippen LogP) is 0.0245. The summed E-state index contributed by atoms with van der Waals surface area (Å²) in [5, 5.41) is 3.24. The van der Waals surface area contributed by atoms with Crippen molar-refractivity contribution in [2.75, 3.05) is 37.6 Å². The van der Waals surface area contributed by atoms with Crippen LogP contribution >= 0.6 is 24.8 Å². The Morgan fingerprint density at radius 2 is 1.96 bits per heavy atom. The summed E-state index contributed by atoms with van der Waals surface area (Å²) in [4.78, 5) is 32.4. The van der Waals surface area contributed by atoms with Crippen molar-refractivity contribution in [1.29, 1.82) is 0 Å². The van der Waals surface area contributed by atoms with Crippen LogP contribution in [0.25, 0.3) is 0 Å². The summed E-state index contributed by atoms with van der Waals surface area (Å²) < 4.78 is 1.53. The minimum Gasteiger partial charge on any atom is -0.348 e. The lowest BCUT2D eigenvalue weighted by atomic mass is 10.2. The van der Waals surface area contributed by atoms with Crippen LogP contribution in [0.15, 0.2) is 17.2 Å². The number of hydrogen-bond acceptors (Lipinski definition) is 5. The molecule has 9 heteroatoms. The number of anilines is 1. The molecule has 2 saturated heterocycles. The van der Waals surface area contributed by atoms with Gasteiger partial charge in [-0.25, -0.2) is 4.98 Å². The van der Waals surface area contributed by atoms with Gasteiger partial charge in [0.25, 0.3) is 5.56 Å². The maximum absolute atomic E-state index is 12.3. The van der Waals surface area contributed by atoms with E-state index in [4.69, 9.17) is 0 Å². The fourth-order valence-corrected chi connectivity index (χ4v) is 2.96. The zero-order chi connectivity index (χ0) is 14.8. The Morgan fingerprint density at radius 3 is 2.57 bits per heavy atom. The van der Waals surface area contributed by atoms with E-state index in [9.17, 15) is 9.59 Å². The molecular weight excluding hydrogens is 341 g/mol. The molecule has 1 amide bonds. The Bertz CT molecular complexity index is 581. The summed E-state index contributed by atoms with van der Waals surface area (Å²) in [6, 6.07) is -0.0146. The SMILES string of the molecule is Cl.Cl.Cn1ccnc(N2CCN(C(=O)C3CCCN3)CC2)c1=O. The second kappa shape index (κ2) is 8.52. The average molecular weight is 364 g/mol. The van der Waals surface area contributed by atoms with Crippen LogP contribution in [0.5, 0.6) is 0 Å². The van der Waals surface area contributed by atoms with Crippen LogP contribution < -0.4 is 15.8 Å². The van der Waals surface area contributed by atoms with Gasteiger partial charge in [-0.3, -0.25) is 9.59 Å². The van der Waals surface area contributed by atoms with Gasteiger partial charge in [0.2, 0.25) is 5.91 Å². The molecule has 1 aromatic rings. The molecule has 1 unspecified atom stereocenters. The summed E-state index contributed by atoms with van der Waals surface area (Å²) in [6.45, 7) is 3.54. The first-order chi connectivity index (χ1) is 10.2. The smallest absolute Gasteiger partial charge is 0.293 e. The highest BCUT2D eigenvalue weighted by molar-refractivity contribution is 5.85. The average Bonchev–Trinajstić information content (AvgIpc) is 3.04. The number of carbonyl (C=O) groups excluding carboxylic acids is 1. The summed E-state index contributed by atoms with van der Waals surface area (Å²) in [5.74, 6) is 0.673. The van der Waals surface area contributed by atoms with Crippen molar-refractivity contribution in [2.24, 2.45) is 7.05 Å². The highest BCUT2D eigenvalue weighted by Crippen LogP contribution is 2.13. The van der Waals surface area contributed by atoms with Crippen molar-refractivity contribution in [3.63, 3.8) is 0 Å². The fraction of sp³-hybridized carbons (Fsp3) is 0.643. The first-order valence-corrected chi connectivity index (χ1v) is 7.45. The van der Waals surface area contributed by atoms with Crippen LogP contribution in [0, 0.1) is 0 Å². The number of piperazine rings is 1. The molecule has 3 heterocycles. The quantitative estimate of drug-likeness (QED) is 0.802. The normalized spacial score (nSPS) is 20.7. The molecular formula is C14H23Cl2N5O2. The van der Waals surface area contributed by atoms with E-state index >= 15 is 0 Å². The fourth-order valence-electron chi connectivity index (χ4n) is 2.96. The molecule has 0 spiro atoms. The zero-order valence-corrected chi connectivity index (χ0v) is 14.7. The number of amides is 1. The number of aryl methyl sites for hydroxylation is 1. The Hall–Kier alpha value is -1.31. The van der Waals surface area contributed by atoms with E-state index in [0.29, 0.717) is 32.0 Å². The lowest BCUT2D eigenvalue weighted by Crippen LogP contribution is -2.54. The maximum atomic E-state index is 12.3. The van der Waals surface area contributed by atoms with Gasteiger partial charge < -0.3 is 19.7 Å². The standard InChI is InChI=1S/C14H21N5O2.2ClH/c1-17-6-5-16-12(14(17)21)18-7-9-19(10-8-18)13(20)11-3-2-4-15-11;;/h5-6,11,15H,2-4,7-10H2,1H3;2*1H. The van der Waals surface area contributed by atoms with Crippen LogP contribution in [0.1, 0.15) is 12.8 Å². The van der Waals surface area contributed by atoms with Crippen molar-refractivity contribution < 1.29 is 4.79 Å². The Kier molecular flexibility index (Phi) is 7.31. The number of rotatable bonds is 2.